The van der Waals surface area contributed by atoms with Crippen LogP contribution in [0.4, 0.5) is 10.1 Å². The van der Waals surface area contributed by atoms with Gasteiger partial charge in [0.2, 0.25) is 5.91 Å². The van der Waals surface area contributed by atoms with Crippen LogP contribution < -0.4 is 5.32 Å². The number of aromatic hydroxyl groups is 1. The van der Waals surface area contributed by atoms with E-state index >= 15 is 0 Å². The molecule has 0 spiro atoms. The van der Waals surface area contributed by atoms with Crippen LogP contribution in [-0.4, -0.2) is 11.0 Å². The lowest BCUT2D eigenvalue weighted by atomic mass is 10.2. The molecule has 3 nitrogen and oxygen atoms in total. The first kappa shape index (κ1) is 11.2. The molecule has 2 N–H and O–H groups in total. The van der Waals surface area contributed by atoms with E-state index in [0.29, 0.717) is 0 Å². The number of anilines is 1. The first-order valence-corrected chi connectivity index (χ1v) is 4.43. The van der Waals surface area contributed by atoms with Gasteiger partial charge in [0.05, 0.1) is 5.69 Å². The molecule has 0 aliphatic rings. The quantitative estimate of drug-likeness (QED) is 0.580. The second-order valence-electron chi connectivity index (χ2n) is 3.38. The van der Waals surface area contributed by atoms with Gasteiger partial charge in [-0.2, -0.15) is 0 Å². The minimum absolute atomic E-state index is 0.0512. The van der Waals surface area contributed by atoms with Crippen molar-refractivity contribution in [1.82, 2.24) is 0 Å². The lowest BCUT2D eigenvalue weighted by Crippen LogP contribution is -2.09. The fourth-order valence-corrected chi connectivity index (χ4v) is 1.04. The molecule has 1 rings (SSSR count). The zero-order valence-electron chi connectivity index (χ0n) is 8.54. The summed E-state index contributed by atoms with van der Waals surface area (Å²) in [6.07, 6.45) is 1.37. The Morgan fingerprint density at radius 1 is 1.47 bits per heavy atom. The van der Waals surface area contributed by atoms with Crippen LogP contribution in [0.5, 0.6) is 5.75 Å². The highest BCUT2D eigenvalue weighted by Crippen LogP contribution is 2.19. The van der Waals surface area contributed by atoms with Crippen molar-refractivity contribution >= 4 is 11.6 Å². The Balaban J connectivity index is 2.82. The molecule has 1 aromatic rings. The van der Waals surface area contributed by atoms with Gasteiger partial charge in [-0.05, 0) is 26.0 Å². The molecule has 0 bridgehead atoms. The second-order valence-corrected chi connectivity index (χ2v) is 3.38. The highest BCUT2D eigenvalue weighted by molar-refractivity contribution is 5.99. The molecule has 80 valence electrons. The number of amides is 1. The summed E-state index contributed by atoms with van der Waals surface area (Å²) in [5.74, 6) is -1.22. The van der Waals surface area contributed by atoms with Crippen LogP contribution in [0.15, 0.2) is 29.8 Å². The van der Waals surface area contributed by atoms with E-state index < -0.39 is 5.82 Å². The fraction of sp³-hybridized carbons (Fsp3) is 0.182. The Kier molecular flexibility index (Phi) is 3.44. The maximum absolute atomic E-state index is 13.2. The van der Waals surface area contributed by atoms with Gasteiger partial charge in [0.25, 0.3) is 0 Å². The minimum Gasteiger partial charge on any atom is -0.508 e. The average molecular weight is 209 g/mol. The Bertz CT molecular complexity index is 409. The molecular weight excluding hydrogens is 197 g/mol. The van der Waals surface area contributed by atoms with Gasteiger partial charge in [-0.15, -0.1) is 0 Å². The van der Waals surface area contributed by atoms with Crippen molar-refractivity contribution in [3.8, 4) is 5.75 Å². The van der Waals surface area contributed by atoms with Crippen LogP contribution in [-0.2, 0) is 4.79 Å². The largest absolute Gasteiger partial charge is 0.508 e. The third-order valence-electron chi connectivity index (χ3n) is 1.63. The lowest BCUT2D eigenvalue weighted by molar-refractivity contribution is -0.112. The molecule has 0 aliphatic carbocycles. The Morgan fingerprint density at radius 3 is 2.67 bits per heavy atom. The van der Waals surface area contributed by atoms with Gasteiger partial charge in [0.1, 0.15) is 11.6 Å². The van der Waals surface area contributed by atoms with Crippen molar-refractivity contribution < 1.29 is 14.3 Å². The molecule has 1 amide bonds. The molecule has 0 atom stereocenters. The van der Waals surface area contributed by atoms with Crippen LogP contribution in [0.25, 0.3) is 0 Å². The summed E-state index contributed by atoms with van der Waals surface area (Å²) in [5.41, 5.74) is 0.877. The van der Waals surface area contributed by atoms with Crippen molar-refractivity contribution in [1.29, 1.82) is 0 Å². The Morgan fingerprint density at radius 2 is 2.13 bits per heavy atom. The van der Waals surface area contributed by atoms with Crippen molar-refractivity contribution in [2.45, 2.75) is 13.8 Å². The first-order chi connectivity index (χ1) is 6.99. The van der Waals surface area contributed by atoms with Gasteiger partial charge in [0.15, 0.2) is 0 Å². The van der Waals surface area contributed by atoms with Gasteiger partial charge in [-0.1, -0.05) is 5.57 Å². The normalized spacial score (nSPS) is 9.53. The summed E-state index contributed by atoms with van der Waals surface area (Å²) < 4.78 is 13.2. The minimum atomic E-state index is -0.662. The summed E-state index contributed by atoms with van der Waals surface area (Å²) in [7, 11) is 0. The molecule has 0 fully saturated rings. The average Bonchev–Trinajstić information content (AvgIpc) is 2.08. The van der Waals surface area contributed by atoms with Crippen molar-refractivity contribution in [3.63, 3.8) is 0 Å². The van der Waals surface area contributed by atoms with Crippen LogP contribution >= 0.6 is 0 Å². The lowest BCUT2D eigenvalue weighted by Gasteiger charge is -2.04. The van der Waals surface area contributed by atoms with Gasteiger partial charge >= 0.3 is 0 Å². The number of phenolic OH excluding ortho intramolecular Hbond substituents is 1. The molecule has 0 aromatic heterocycles. The molecule has 0 aliphatic heterocycles. The maximum atomic E-state index is 13.2. The number of benzene rings is 1. The number of nitrogens with one attached hydrogen (secondary N) is 1. The number of carbonyl (C=O) groups is 1. The van der Waals surface area contributed by atoms with Crippen molar-refractivity contribution in [3.05, 3.63) is 35.7 Å². The summed E-state index contributed by atoms with van der Waals surface area (Å²) in [5, 5.41) is 11.3. The topological polar surface area (TPSA) is 49.3 Å². The molecule has 1 aromatic carbocycles. The van der Waals surface area contributed by atoms with Gasteiger partial charge in [-0.3, -0.25) is 4.79 Å². The van der Waals surface area contributed by atoms with Crippen LogP contribution in [0.1, 0.15) is 13.8 Å². The van der Waals surface area contributed by atoms with Crippen LogP contribution in [0, 0.1) is 5.82 Å². The van der Waals surface area contributed by atoms with E-state index in [1.165, 1.54) is 18.2 Å². The predicted molar refractivity (Wildman–Crippen MR) is 56.1 cm³/mol. The standard InChI is InChI=1S/C11H12FNO2/c1-7(2)5-11(15)13-10-4-3-8(14)6-9(10)12/h3-6,14H,1-2H3,(H,13,15). The number of phenols is 1. The van der Waals surface area contributed by atoms with E-state index in [0.717, 1.165) is 11.6 Å². The summed E-state index contributed by atoms with van der Waals surface area (Å²) in [4.78, 5) is 11.2. The third kappa shape index (κ3) is 3.42. The zero-order valence-corrected chi connectivity index (χ0v) is 8.54. The second kappa shape index (κ2) is 4.59. The van der Waals surface area contributed by atoms with Crippen molar-refractivity contribution in [2.75, 3.05) is 5.32 Å². The monoisotopic (exact) mass is 209 g/mol. The molecule has 0 heterocycles. The third-order valence-corrected chi connectivity index (χ3v) is 1.63. The van der Waals surface area contributed by atoms with E-state index in [1.807, 2.05) is 0 Å². The van der Waals surface area contributed by atoms with Crippen LogP contribution in [0.3, 0.4) is 0 Å². The molecule has 4 heteroatoms. The molecule has 0 saturated carbocycles. The zero-order chi connectivity index (χ0) is 11.4. The molecule has 0 saturated heterocycles. The van der Waals surface area contributed by atoms with E-state index in [-0.39, 0.29) is 17.3 Å². The number of halogens is 1. The maximum Gasteiger partial charge on any atom is 0.248 e. The number of hydrogen-bond donors (Lipinski definition) is 2. The van der Waals surface area contributed by atoms with E-state index in [9.17, 15) is 9.18 Å². The summed E-state index contributed by atoms with van der Waals surface area (Å²) in [6.45, 7) is 3.54. The molecule has 0 unspecified atom stereocenters. The van der Waals surface area contributed by atoms with E-state index in [4.69, 9.17) is 5.11 Å². The van der Waals surface area contributed by atoms with E-state index in [1.54, 1.807) is 13.8 Å². The Labute approximate surface area is 87.2 Å². The fourth-order valence-electron chi connectivity index (χ4n) is 1.04. The smallest absolute Gasteiger partial charge is 0.248 e. The highest BCUT2D eigenvalue weighted by atomic mass is 19.1. The van der Waals surface area contributed by atoms with Gasteiger partial charge in [0, 0.05) is 12.1 Å². The summed E-state index contributed by atoms with van der Waals surface area (Å²) >= 11 is 0. The first-order valence-electron chi connectivity index (χ1n) is 4.43. The number of rotatable bonds is 2. The predicted octanol–water partition coefficient (Wildman–Crippen LogP) is 2.44. The molecule has 0 radical (unpaired) electrons. The molecular formula is C11H12FNO2. The summed E-state index contributed by atoms with van der Waals surface area (Å²) in [6, 6.07) is 3.56. The SMILES string of the molecule is CC(C)=CC(=O)Nc1ccc(O)cc1F. The van der Waals surface area contributed by atoms with Crippen molar-refractivity contribution in [2.24, 2.45) is 0 Å². The number of hydrogen-bond acceptors (Lipinski definition) is 2. The van der Waals surface area contributed by atoms with E-state index in [2.05, 4.69) is 5.32 Å². The van der Waals surface area contributed by atoms with Gasteiger partial charge < -0.3 is 10.4 Å². The number of allylic oxidation sites excluding steroid dienone is 1. The Hall–Kier alpha value is -1.84. The molecule has 15 heavy (non-hydrogen) atoms. The highest BCUT2D eigenvalue weighted by Gasteiger charge is 2.05. The van der Waals surface area contributed by atoms with Gasteiger partial charge in [-0.25, -0.2) is 4.39 Å². The van der Waals surface area contributed by atoms with Crippen LogP contribution in [0.2, 0.25) is 0 Å². The number of carbonyl (C=O) groups excluding carboxylic acids is 1.